The molecule has 0 bridgehead atoms. The molecule has 0 aliphatic carbocycles. The van der Waals surface area contributed by atoms with Crippen LogP contribution in [0.2, 0.25) is 0 Å². The van der Waals surface area contributed by atoms with Crippen molar-refractivity contribution in [2.75, 3.05) is 13.7 Å². The highest BCUT2D eigenvalue weighted by atomic mass is 35.5. The molecular weight excluding hydrogens is 275 g/mol. The number of benzene rings is 1. The van der Waals surface area contributed by atoms with E-state index >= 15 is 0 Å². The average molecular weight is 288 g/mol. The van der Waals surface area contributed by atoms with Crippen LogP contribution in [0.4, 0.5) is 13.2 Å². The van der Waals surface area contributed by atoms with Gasteiger partial charge in [-0.15, -0.1) is 12.4 Å². The lowest BCUT2D eigenvalue weighted by Crippen LogP contribution is -2.36. The van der Waals surface area contributed by atoms with Crippen LogP contribution in [-0.2, 0) is 0 Å². The fourth-order valence-electron chi connectivity index (χ4n) is 1.31. The molecule has 0 radical (unpaired) electrons. The van der Waals surface area contributed by atoms with E-state index in [4.69, 9.17) is 10.8 Å². The van der Waals surface area contributed by atoms with Crippen LogP contribution < -0.4 is 10.5 Å². The number of aliphatic hydroxyl groups excluding tert-OH is 1. The van der Waals surface area contributed by atoms with Gasteiger partial charge in [0.25, 0.3) is 5.92 Å². The lowest BCUT2D eigenvalue weighted by molar-refractivity contribution is -0.0716. The zero-order valence-electron chi connectivity index (χ0n) is 9.36. The highest BCUT2D eigenvalue weighted by molar-refractivity contribution is 5.85. The first-order valence-electron chi connectivity index (χ1n) is 4.64. The van der Waals surface area contributed by atoms with Crippen LogP contribution >= 0.6 is 12.4 Å². The summed E-state index contributed by atoms with van der Waals surface area (Å²) in [6, 6.07) is -0.522. The Morgan fingerprint density at radius 3 is 2.44 bits per heavy atom. The summed E-state index contributed by atoms with van der Waals surface area (Å²) in [5.41, 5.74) is 4.66. The molecule has 104 valence electrons. The number of phenolic OH excluding ortho intramolecular Hbond substituents is 1. The molecule has 1 aromatic carbocycles. The van der Waals surface area contributed by atoms with E-state index in [1.54, 1.807) is 0 Å². The Morgan fingerprint density at radius 1 is 1.44 bits per heavy atom. The lowest BCUT2D eigenvalue weighted by Gasteiger charge is -2.23. The Kier molecular flexibility index (Phi) is 5.72. The monoisotopic (exact) mass is 287 g/mol. The molecule has 0 fully saturated rings. The molecule has 0 aliphatic rings. The van der Waals surface area contributed by atoms with E-state index in [9.17, 15) is 18.3 Å². The van der Waals surface area contributed by atoms with Gasteiger partial charge in [-0.2, -0.15) is 0 Å². The van der Waals surface area contributed by atoms with Crippen molar-refractivity contribution in [3.8, 4) is 11.5 Å². The summed E-state index contributed by atoms with van der Waals surface area (Å²) in [4.78, 5) is 0. The number of aliphatic hydroxyl groups is 1. The Hall–Kier alpha value is -1.18. The zero-order chi connectivity index (χ0) is 13.2. The number of halogens is 4. The van der Waals surface area contributed by atoms with Crippen molar-refractivity contribution in [1.82, 2.24) is 0 Å². The lowest BCUT2D eigenvalue weighted by atomic mass is 10.00. The van der Waals surface area contributed by atoms with Gasteiger partial charge in [0.15, 0.2) is 11.5 Å². The second-order valence-electron chi connectivity index (χ2n) is 3.44. The molecule has 0 aromatic heterocycles. The van der Waals surface area contributed by atoms with E-state index in [0.29, 0.717) is 6.07 Å². The predicted molar refractivity (Wildman–Crippen MR) is 60.8 cm³/mol. The standard InChI is InChI=1S/C10H12F3NO3.ClH/c1-17-7-3-5(11)2-6(8(7)16)9(14)10(12,13)4-15;/h2-3,9,15-16H,4,14H2,1H3;1H/t9-;/m1./s1. The Balaban J connectivity index is 0.00000289. The maximum Gasteiger partial charge on any atom is 0.289 e. The summed E-state index contributed by atoms with van der Waals surface area (Å²) in [5, 5.41) is 18.0. The number of hydrogen-bond donors (Lipinski definition) is 3. The third-order valence-electron chi connectivity index (χ3n) is 2.29. The molecule has 0 unspecified atom stereocenters. The van der Waals surface area contributed by atoms with Crippen molar-refractivity contribution in [2.24, 2.45) is 5.73 Å². The minimum Gasteiger partial charge on any atom is -0.504 e. The molecule has 4 N–H and O–H groups in total. The van der Waals surface area contributed by atoms with Gasteiger partial charge in [0.1, 0.15) is 18.5 Å². The smallest absolute Gasteiger partial charge is 0.289 e. The molecule has 0 aliphatic heterocycles. The normalized spacial score (nSPS) is 12.8. The van der Waals surface area contributed by atoms with Gasteiger partial charge in [-0.25, -0.2) is 13.2 Å². The van der Waals surface area contributed by atoms with Crippen LogP contribution in [0, 0.1) is 5.82 Å². The van der Waals surface area contributed by atoms with E-state index in [2.05, 4.69) is 4.74 Å². The van der Waals surface area contributed by atoms with Gasteiger partial charge in [0.2, 0.25) is 0 Å². The molecule has 0 amide bonds. The van der Waals surface area contributed by atoms with Gasteiger partial charge < -0.3 is 20.7 Å². The van der Waals surface area contributed by atoms with Gasteiger partial charge in [-0.05, 0) is 6.07 Å². The average Bonchev–Trinajstić information content (AvgIpc) is 2.30. The van der Waals surface area contributed by atoms with E-state index in [1.165, 1.54) is 0 Å². The summed E-state index contributed by atoms with van der Waals surface area (Å²) < 4.78 is 44.0. The topological polar surface area (TPSA) is 75.7 Å². The van der Waals surface area contributed by atoms with Gasteiger partial charge >= 0.3 is 0 Å². The molecule has 0 saturated heterocycles. The fourth-order valence-corrected chi connectivity index (χ4v) is 1.31. The number of alkyl halides is 2. The Labute approximate surface area is 108 Å². The second kappa shape index (κ2) is 6.12. The predicted octanol–water partition coefficient (Wildman–Crippen LogP) is 1.59. The number of hydrogen-bond acceptors (Lipinski definition) is 4. The molecular formula is C10H13ClF3NO3. The van der Waals surface area contributed by atoms with Gasteiger partial charge in [0, 0.05) is 11.6 Å². The first-order chi connectivity index (χ1) is 7.83. The third kappa shape index (κ3) is 3.18. The van der Waals surface area contributed by atoms with Crippen molar-refractivity contribution in [3.05, 3.63) is 23.5 Å². The zero-order valence-corrected chi connectivity index (χ0v) is 10.2. The molecule has 4 nitrogen and oxygen atoms in total. The van der Waals surface area contributed by atoms with Crippen LogP contribution in [0.1, 0.15) is 11.6 Å². The number of rotatable bonds is 4. The molecule has 1 atom stereocenters. The quantitative estimate of drug-likeness (QED) is 0.786. The maximum absolute atomic E-state index is 13.1. The molecule has 0 heterocycles. The molecule has 1 aromatic rings. The summed E-state index contributed by atoms with van der Waals surface area (Å²) in [7, 11) is 1.15. The van der Waals surface area contributed by atoms with Crippen molar-refractivity contribution >= 4 is 12.4 Å². The number of ether oxygens (including phenoxy) is 1. The summed E-state index contributed by atoms with van der Waals surface area (Å²) in [5.74, 6) is -5.52. The van der Waals surface area contributed by atoms with Crippen LogP contribution in [0.3, 0.4) is 0 Å². The van der Waals surface area contributed by atoms with Crippen molar-refractivity contribution < 1.29 is 28.1 Å². The van der Waals surface area contributed by atoms with Crippen LogP contribution in [-0.4, -0.2) is 29.9 Å². The summed E-state index contributed by atoms with van der Waals surface area (Å²) in [6.07, 6.45) is 0. The van der Waals surface area contributed by atoms with E-state index in [0.717, 1.165) is 13.2 Å². The van der Waals surface area contributed by atoms with Gasteiger partial charge in [0.05, 0.1) is 7.11 Å². The highest BCUT2D eigenvalue weighted by Gasteiger charge is 2.39. The van der Waals surface area contributed by atoms with E-state index < -0.39 is 35.7 Å². The number of methoxy groups -OCH3 is 1. The van der Waals surface area contributed by atoms with Crippen LogP contribution in [0.25, 0.3) is 0 Å². The minimum absolute atomic E-state index is 0. The number of phenols is 1. The third-order valence-corrected chi connectivity index (χ3v) is 2.29. The Bertz CT molecular complexity index is 418. The second-order valence-corrected chi connectivity index (χ2v) is 3.44. The molecule has 0 spiro atoms. The van der Waals surface area contributed by atoms with Crippen molar-refractivity contribution in [2.45, 2.75) is 12.0 Å². The largest absolute Gasteiger partial charge is 0.504 e. The summed E-state index contributed by atoms with van der Waals surface area (Å²) in [6.45, 7) is -1.51. The van der Waals surface area contributed by atoms with Gasteiger partial charge in [-0.3, -0.25) is 0 Å². The first kappa shape index (κ1) is 16.8. The van der Waals surface area contributed by atoms with Crippen LogP contribution in [0.15, 0.2) is 12.1 Å². The highest BCUT2D eigenvalue weighted by Crippen LogP contribution is 2.39. The molecule has 8 heteroatoms. The Morgan fingerprint density at radius 2 is 2.00 bits per heavy atom. The van der Waals surface area contributed by atoms with Crippen LogP contribution in [0.5, 0.6) is 11.5 Å². The van der Waals surface area contributed by atoms with E-state index in [-0.39, 0.29) is 18.2 Å². The SMILES string of the molecule is COc1cc(F)cc([C@@H](N)C(F)(F)CO)c1O.Cl. The molecule has 18 heavy (non-hydrogen) atoms. The van der Waals surface area contributed by atoms with E-state index in [1.807, 2.05) is 0 Å². The molecule has 0 saturated carbocycles. The number of aromatic hydroxyl groups is 1. The fraction of sp³-hybridized carbons (Fsp3) is 0.400. The van der Waals surface area contributed by atoms with Gasteiger partial charge in [-0.1, -0.05) is 0 Å². The number of nitrogens with two attached hydrogens (primary N) is 1. The van der Waals surface area contributed by atoms with Crippen molar-refractivity contribution in [3.63, 3.8) is 0 Å². The molecule has 1 rings (SSSR count). The van der Waals surface area contributed by atoms with Crippen molar-refractivity contribution in [1.29, 1.82) is 0 Å². The summed E-state index contributed by atoms with van der Waals surface area (Å²) >= 11 is 0. The maximum atomic E-state index is 13.1. The first-order valence-corrected chi connectivity index (χ1v) is 4.64. The minimum atomic E-state index is -3.67.